The Hall–Kier alpha value is -1.05. The fraction of sp³-hybridized carbons (Fsp3) is 0.583. The van der Waals surface area contributed by atoms with E-state index in [1.54, 1.807) is 0 Å². The van der Waals surface area contributed by atoms with Crippen molar-refractivity contribution in [2.24, 2.45) is 5.41 Å². The summed E-state index contributed by atoms with van der Waals surface area (Å²) >= 11 is 0. The van der Waals surface area contributed by atoms with E-state index in [0.717, 1.165) is 18.7 Å². The van der Waals surface area contributed by atoms with Crippen LogP contribution in [0.15, 0.2) is 18.3 Å². The second kappa shape index (κ2) is 4.45. The zero-order valence-corrected chi connectivity index (χ0v) is 9.59. The van der Waals surface area contributed by atoms with Gasteiger partial charge in [0, 0.05) is 24.1 Å². The van der Waals surface area contributed by atoms with Gasteiger partial charge in [0.1, 0.15) is 0 Å². The minimum atomic E-state index is 0.315. The van der Waals surface area contributed by atoms with Crippen LogP contribution in [0.4, 0.5) is 5.69 Å². The second-order valence-corrected chi connectivity index (χ2v) is 4.80. The number of aryl methyl sites for hydroxylation is 1. The van der Waals surface area contributed by atoms with E-state index in [-0.39, 0.29) is 0 Å². The number of anilines is 1. The van der Waals surface area contributed by atoms with Gasteiger partial charge in [0.05, 0.1) is 0 Å². The van der Waals surface area contributed by atoms with Crippen LogP contribution in [0.25, 0.3) is 0 Å². The maximum absolute atomic E-state index is 4.26. The highest BCUT2D eigenvalue weighted by atomic mass is 14.9. The summed E-state index contributed by atoms with van der Waals surface area (Å²) in [4.78, 5) is 4.26. The molecule has 0 atom stereocenters. The zero-order valence-electron chi connectivity index (χ0n) is 9.59. The summed E-state index contributed by atoms with van der Waals surface area (Å²) in [7, 11) is 0. The molecule has 1 aromatic rings. The van der Waals surface area contributed by atoms with Crippen LogP contribution in [-0.2, 0) is 6.42 Å². The van der Waals surface area contributed by atoms with E-state index in [2.05, 4.69) is 44.1 Å². The fourth-order valence-electron chi connectivity index (χ4n) is 1.15. The Kier molecular flexibility index (Phi) is 3.50. The van der Waals surface area contributed by atoms with Gasteiger partial charge in [-0.25, -0.2) is 0 Å². The molecule has 1 heterocycles. The quantitative estimate of drug-likeness (QED) is 0.796. The van der Waals surface area contributed by atoms with Gasteiger partial charge in [-0.1, -0.05) is 27.7 Å². The van der Waals surface area contributed by atoms with Crippen molar-refractivity contribution in [1.82, 2.24) is 4.98 Å². The number of aromatic nitrogens is 1. The fourth-order valence-corrected chi connectivity index (χ4v) is 1.15. The molecule has 78 valence electrons. The van der Waals surface area contributed by atoms with Crippen molar-refractivity contribution in [3.8, 4) is 0 Å². The average Bonchev–Trinajstić information content (AvgIpc) is 2.14. The SMILES string of the molecule is CCc1cc(NCC(C)(C)C)ccn1. The van der Waals surface area contributed by atoms with E-state index in [0.29, 0.717) is 5.41 Å². The Labute approximate surface area is 86.8 Å². The van der Waals surface area contributed by atoms with Crippen LogP contribution in [0.5, 0.6) is 0 Å². The zero-order chi connectivity index (χ0) is 10.6. The number of rotatable bonds is 3. The molecule has 1 rings (SSSR count). The van der Waals surface area contributed by atoms with Gasteiger partial charge in [0.2, 0.25) is 0 Å². The predicted octanol–water partition coefficient (Wildman–Crippen LogP) is 3.10. The molecule has 14 heavy (non-hydrogen) atoms. The molecule has 0 aromatic carbocycles. The molecule has 0 aliphatic carbocycles. The maximum atomic E-state index is 4.26. The first kappa shape index (κ1) is 11.0. The van der Waals surface area contributed by atoms with Crippen LogP contribution < -0.4 is 5.32 Å². The molecule has 0 saturated heterocycles. The number of nitrogens with one attached hydrogen (secondary N) is 1. The van der Waals surface area contributed by atoms with Gasteiger partial charge < -0.3 is 5.32 Å². The van der Waals surface area contributed by atoms with E-state index < -0.39 is 0 Å². The lowest BCUT2D eigenvalue weighted by atomic mass is 9.97. The highest BCUT2D eigenvalue weighted by molar-refractivity contribution is 5.43. The Bertz CT molecular complexity index is 287. The molecule has 2 heteroatoms. The lowest BCUT2D eigenvalue weighted by molar-refractivity contribution is 0.443. The van der Waals surface area contributed by atoms with Crippen molar-refractivity contribution in [1.29, 1.82) is 0 Å². The van der Waals surface area contributed by atoms with Gasteiger partial charge in [-0.15, -0.1) is 0 Å². The Balaban J connectivity index is 2.59. The summed E-state index contributed by atoms with van der Waals surface area (Å²) in [5, 5.41) is 3.42. The summed E-state index contributed by atoms with van der Waals surface area (Å²) in [6.45, 7) is 9.78. The first-order valence-corrected chi connectivity index (χ1v) is 5.20. The molecule has 0 amide bonds. The molecular formula is C12H20N2. The molecule has 1 aromatic heterocycles. The van der Waals surface area contributed by atoms with E-state index in [1.165, 1.54) is 5.69 Å². The highest BCUT2D eigenvalue weighted by Crippen LogP contribution is 2.15. The smallest absolute Gasteiger partial charge is 0.0421 e. The lowest BCUT2D eigenvalue weighted by Crippen LogP contribution is -2.19. The third kappa shape index (κ3) is 3.77. The summed E-state index contributed by atoms with van der Waals surface area (Å²) in [6, 6.07) is 4.14. The molecule has 1 N–H and O–H groups in total. The van der Waals surface area contributed by atoms with Crippen LogP contribution in [0.2, 0.25) is 0 Å². The number of hydrogen-bond acceptors (Lipinski definition) is 2. The lowest BCUT2D eigenvalue weighted by Gasteiger charge is -2.19. The predicted molar refractivity (Wildman–Crippen MR) is 61.6 cm³/mol. The third-order valence-electron chi connectivity index (χ3n) is 2.00. The number of pyridine rings is 1. The van der Waals surface area contributed by atoms with Gasteiger partial charge in [-0.05, 0) is 24.0 Å². The van der Waals surface area contributed by atoms with Gasteiger partial charge in [-0.3, -0.25) is 4.98 Å². The van der Waals surface area contributed by atoms with Crippen molar-refractivity contribution in [2.75, 3.05) is 11.9 Å². The van der Waals surface area contributed by atoms with E-state index in [4.69, 9.17) is 0 Å². The van der Waals surface area contributed by atoms with Crippen molar-refractivity contribution < 1.29 is 0 Å². The van der Waals surface area contributed by atoms with Crippen molar-refractivity contribution >= 4 is 5.69 Å². The Morgan fingerprint density at radius 1 is 1.36 bits per heavy atom. The molecule has 0 saturated carbocycles. The second-order valence-electron chi connectivity index (χ2n) is 4.80. The molecule has 0 bridgehead atoms. The maximum Gasteiger partial charge on any atom is 0.0421 e. The van der Waals surface area contributed by atoms with Gasteiger partial charge in [0.15, 0.2) is 0 Å². The van der Waals surface area contributed by atoms with Gasteiger partial charge >= 0.3 is 0 Å². The van der Waals surface area contributed by atoms with E-state index in [9.17, 15) is 0 Å². The molecule has 0 fully saturated rings. The molecule has 0 radical (unpaired) electrons. The normalized spacial score (nSPS) is 11.4. The van der Waals surface area contributed by atoms with Crippen LogP contribution in [0.1, 0.15) is 33.4 Å². The highest BCUT2D eigenvalue weighted by Gasteiger charge is 2.09. The summed E-state index contributed by atoms with van der Waals surface area (Å²) in [5.41, 5.74) is 2.63. The number of nitrogens with zero attached hydrogens (tertiary/aromatic N) is 1. The average molecular weight is 192 g/mol. The largest absolute Gasteiger partial charge is 0.384 e. The molecule has 0 aliphatic heterocycles. The van der Waals surface area contributed by atoms with Gasteiger partial charge in [0.25, 0.3) is 0 Å². The minimum Gasteiger partial charge on any atom is -0.384 e. The first-order chi connectivity index (χ1) is 6.51. The third-order valence-corrected chi connectivity index (χ3v) is 2.00. The summed E-state index contributed by atoms with van der Waals surface area (Å²) in [5.74, 6) is 0. The van der Waals surface area contributed by atoms with Crippen molar-refractivity contribution in [2.45, 2.75) is 34.1 Å². The van der Waals surface area contributed by atoms with Crippen molar-refractivity contribution in [3.63, 3.8) is 0 Å². The van der Waals surface area contributed by atoms with E-state index in [1.807, 2.05) is 12.3 Å². The molecular weight excluding hydrogens is 172 g/mol. The minimum absolute atomic E-state index is 0.315. The van der Waals surface area contributed by atoms with Crippen molar-refractivity contribution in [3.05, 3.63) is 24.0 Å². The Morgan fingerprint density at radius 2 is 2.07 bits per heavy atom. The summed E-state index contributed by atoms with van der Waals surface area (Å²) in [6.07, 6.45) is 2.86. The van der Waals surface area contributed by atoms with Gasteiger partial charge in [-0.2, -0.15) is 0 Å². The molecule has 2 nitrogen and oxygen atoms in total. The Morgan fingerprint density at radius 3 is 2.64 bits per heavy atom. The number of hydrogen-bond donors (Lipinski definition) is 1. The van der Waals surface area contributed by atoms with Crippen LogP contribution >= 0.6 is 0 Å². The molecule has 0 spiro atoms. The van der Waals surface area contributed by atoms with Crippen LogP contribution in [0, 0.1) is 5.41 Å². The molecule has 0 aliphatic rings. The standard InChI is InChI=1S/C12H20N2/c1-5-10-8-11(6-7-13-10)14-9-12(2,3)4/h6-8H,5,9H2,1-4H3,(H,13,14). The first-order valence-electron chi connectivity index (χ1n) is 5.20. The summed E-state index contributed by atoms with van der Waals surface area (Å²) < 4.78 is 0. The van der Waals surface area contributed by atoms with E-state index >= 15 is 0 Å². The topological polar surface area (TPSA) is 24.9 Å². The monoisotopic (exact) mass is 192 g/mol. The molecule has 0 unspecified atom stereocenters. The van der Waals surface area contributed by atoms with Crippen LogP contribution in [-0.4, -0.2) is 11.5 Å². The van der Waals surface area contributed by atoms with Crippen LogP contribution in [0.3, 0.4) is 0 Å².